The third-order valence-electron chi connectivity index (χ3n) is 0.882. The van der Waals surface area contributed by atoms with Crippen molar-refractivity contribution in [3.8, 4) is 0 Å². The first kappa shape index (κ1) is 5.70. The number of alkyl halides is 1. The Morgan fingerprint density at radius 1 is 1.50 bits per heavy atom. The van der Waals surface area contributed by atoms with Crippen molar-refractivity contribution in [3.05, 3.63) is 24.5 Å². The summed E-state index contributed by atoms with van der Waals surface area (Å²) in [6.45, 7) is 1.79. The van der Waals surface area contributed by atoms with E-state index in [9.17, 15) is 0 Å². The molecule has 1 nitrogen and oxygen atoms in total. The smallest absolute Gasteiger partial charge is 0.197 e. The summed E-state index contributed by atoms with van der Waals surface area (Å²) >= 11 is 5.71. The first-order chi connectivity index (χ1) is 3.71. The minimum absolute atomic E-state index is 0.616. The SMILES string of the molecule is CC1(Cl)C=CC=CO1. The van der Waals surface area contributed by atoms with Gasteiger partial charge >= 0.3 is 0 Å². The minimum Gasteiger partial charge on any atom is -0.476 e. The van der Waals surface area contributed by atoms with Crippen LogP contribution >= 0.6 is 11.6 Å². The summed E-state index contributed by atoms with van der Waals surface area (Å²) in [4.78, 5) is 0. The minimum atomic E-state index is -0.616. The molecule has 0 saturated carbocycles. The van der Waals surface area contributed by atoms with Crippen molar-refractivity contribution < 1.29 is 4.74 Å². The van der Waals surface area contributed by atoms with Crippen molar-refractivity contribution in [1.29, 1.82) is 0 Å². The van der Waals surface area contributed by atoms with Crippen LogP contribution in [0.3, 0.4) is 0 Å². The highest BCUT2D eigenvalue weighted by atomic mass is 35.5. The number of hydrogen-bond acceptors (Lipinski definition) is 1. The number of rotatable bonds is 0. The molecular weight excluding hydrogens is 124 g/mol. The van der Waals surface area contributed by atoms with Gasteiger partial charge in [0.15, 0.2) is 5.06 Å². The van der Waals surface area contributed by atoms with Gasteiger partial charge < -0.3 is 4.74 Å². The molecule has 0 aliphatic carbocycles. The Hall–Kier alpha value is -0.430. The van der Waals surface area contributed by atoms with Crippen LogP contribution in [0.1, 0.15) is 6.92 Å². The van der Waals surface area contributed by atoms with Gasteiger partial charge in [-0.25, -0.2) is 0 Å². The monoisotopic (exact) mass is 130 g/mol. The highest BCUT2D eigenvalue weighted by molar-refractivity contribution is 6.24. The zero-order valence-electron chi connectivity index (χ0n) is 4.60. The summed E-state index contributed by atoms with van der Waals surface area (Å²) in [5, 5.41) is -0.616. The molecule has 1 unspecified atom stereocenters. The molecule has 1 aliphatic heterocycles. The van der Waals surface area contributed by atoms with Gasteiger partial charge in [-0.15, -0.1) is 0 Å². The number of hydrogen-bond donors (Lipinski definition) is 0. The van der Waals surface area contributed by atoms with E-state index in [1.165, 1.54) is 0 Å². The maximum Gasteiger partial charge on any atom is 0.197 e. The second kappa shape index (κ2) is 1.82. The van der Waals surface area contributed by atoms with Gasteiger partial charge in [-0.3, -0.25) is 0 Å². The van der Waals surface area contributed by atoms with E-state index >= 15 is 0 Å². The number of halogens is 1. The predicted molar refractivity (Wildman–Crippen MR) is 33.6 cm³/mol. The second-order valence-corrected chi connectivity index (χ2v) is 2.54. The first-order valence-corrected chi connectivity index (χ1v) is 2.80. The quantitative estimate of drug-likeness (QED) is 0.456. The van der Waals surface area contributed by atoms with E-state index in [-0.39, 0.29) is 0 Å². The standard InChI is InChI=1S/C6H7ClO/c1-6(7)4-2-3-5-8-6/h2-5H,1H3. The lowest BCUT2D eigenvalue weighted by Crippen LogP contribution is -2.15. The van der Waals surface area contributed by atoms with E-state index in [1.54, 1.807) is 25.3 Å². The van der Waals surface area contributed by atoms with Gasteiger partial charge in [-0.05, 0) is 19.1 Å². The van der Waals surface area contributed by atoms with E-state index in [4.69, 9.17) is 16.3 Å². The zero-order valence-corrected chi connectivity index (χ0v) is 5.35. The number of allylic oxidation sites excluding steroid dienone is 2. The molecule has 0 fully saturated rings. The average Bonchev–Trinajstić information content (AvgIpc) is 1.65. The molecule has 0 spiro atoms. The Kier molecular flexibility index (Phi) is 1.30. The van der Waals surface area contributed by atoms with Crippen molar-refractivity contribution in [1.82, 2.24) is 0 Å². The van der Waals surface area contributed by atoms with Gasteiger partial charge in [0, 0.05) is 0 Å². The van der Waals surface area contributed by atoms with E-state index in [2.05, 4.69) is 0 Å². The maximum atomic E-state index is 5.71. The van der Waals surface area contributed by atoms with Crippen molar-refractivity contribution in [2.75, 3.05) is 0 Å². The van der Waals surface area contributed by atoms with Crippen LogP contribution in [0.15, 0.2) is 24.5 Å². The molecule has 0 bridgehead atoms. The lowest BCUT2D eigenvalue weighted by molar-refractivity contribution is 0.162. The summed E-state index contributed by atoms with van der Waals surface area (Å²) in [6.07, 6.45) is 7.02. The summed E-state index contributed by atoms with van der Waals surface area (Å²) in [5.74, 6) is 0. The highest BCUT2D eigenvalue weighted by Gasteiger charge is 2.16. The molecule has 0 aromatic heterocycles. The summed E-state index contributed by atoms with van der Waals surface area (Å²) < 4.78 is 4.96. The van der Waals surface area contributed by atoms with Crippen LogP contribution < -0.4 is 0 Å². The van der Waals surface area contributed by atoms with Gasteiger partial charge in [-0.1, -0.05) is 17.7 Å². The largest absolute Gasteiger partial charge is 0.476 e. The Morgan fingerprint density at radius 3 is 2.50 bits per heavy atom. The summed E-state index contributed by atoms with van der Waals surface area (Å²) in [7, 11) is 0. The lowest BCUT2D eigenvalue weighted by atomic mass is 10.3. The molecule has 0 N–H and O–H groups in total. The lowest BCUT2D eigenvalue weighted by Gasteiger charge is -2.18. The normalized spacial score (nSPS) is 34.8. The fraction of sp³-hybridized carbons (Fsp3) is 0.333. The summed E-state index contributed by atoms with van der Waals surface area (Å²) in [6, 6.07) is 0. The van der Waals surface area contributed by atoms with Crippen LogP contribution in [0.4, 0.5) is 0 Å². The fourth-order valence-electron chi connectivity index (χ4n) is 0.484. The third-order valence-corrected chi connectivity index (χ3v) is 1.10. The van der Waals surface area contributed by atoms with Gasteiger partial charge in [0.05, 0.1) is 6.26 Å². The van der Waals surface area contributed by atoms with Crippen molar-refractivity contribution in [2.24, 2.45) is 0 Å². The van der Waals surface area contributed by atoms with Crippen LogP contribution in [-0.4, -0.2) is 5.06 Å². The van der Waals surface area contributed by atoms with Crippen molar-refractivity contribution in [2.45, 2.75) is 12.0 Å². The van der Waals surface area contributed by atoms with Gasteiger partial charge in [0.2, 0.25) is 0 Å². The Balaban J connectivity index is 2.65. The van der Waals surface area contributed by atoms with E-state index < -0.39 is 5.06 Å². The second-order valence-electron chi connectivity index (χ2n) is 1.79. The Morgan fingerprint density at radius 2 is 2.25 bits per heavy atom. The maximum absolute atomic E-state index is 5.71. The van der Waals surface area contributed by atoms with Crippen molar-refractivity contribution >= 4 is 11.6 Å². The van der Waals surface area contributed by atoms with Crippen LogP contribution in [-0.2, 0) is 4.74 Å². The van der Waals surface area contributed by atoms with Crippen LogP contribution in [0.5, 0.6) is 0 Å². The molecule has 0 amide bonds. The van der Waals surface area contributed by atoms with Crippen LogP contribution in [0.25, 0.3) is 0 Å². The highest BCUT2D eigenvalue weighted by Crippen LogP contribution is 2.20. The predicted octanol–water partition coefficient (Wildman–Crippen LogP) is 2.04. The Labute approximate surface area is 53.6 Å². The molecule has 2 heteroatoms. The molecule has 1 heterocycles. The topological polar surface area (TPSA) is 9.23 Å². The Bertz CT molecular complexity index is 135. The molecule has 0 saturated heterocycles. The summed E-state index contributed by atoms with van der Waals surface area (Å²) in [5.41, 5.74) is 0. The average molecular weight is 131 g/mol. The molecule has 1 rings (SSSR count). The molecule has 0 aromatic carbocycles. The van der Waals surface area contributed by atoms with E-state index in [0.29, 0.717) is 0 Å². The molecule has 0 aromatic rings. The van der Waals surface area contributed by atoms with Gasteiger partial charge in [-0.2, -0.15) is 0 Å². The fourth-order valence-corrected chi connectivity index (χ4v) is 0.609. The van der Waals surface area contributed by atoms with E-state index in [1.807, 2.05) is 6.08 Å². The molecular formula is C6H7ClO. The molecule has 0 radical (unpaired) electrons. The third kappa shape index (κ3) is 1.27. The molecule has 44 valence electrons. The van der Waals surface area contributed by atoms with Crippen LogP contribution in [0, 0.1) is 0 Å². The van der Waals surface area contributed by atoms with Crippen molar-refractivity contribution in [3.63, 3.8) is 0 Å². The zero-order chi connectivity index (χ0) is 6.04. The van der Waals surface area contributed by atoms with Gasteiger partial charge in [0.25, 0.3) is 0 Å². The van der Waals surface area contributed by atoms with E-state index in [0.717, 1.165) is 0 Å². The molecule has 1 aliphatic rings. The molecule has 1 atom stereocenters. The van der Waals surface area contributed by atoms with Gasteiger partial charge in [0.1, 0.15) is 0 Å². The van der Waals surface area contributed by atoms with Crippen LogP contribution in [0.2, 0.25) is 0 Å². The molecule has 8 heavy (non-hydrogen) atoms. The first-order valence-electron chi connectivity index (χ1n) is 2.42. The number of ether oxygens (including phenoxy) is 1.